The lowest BCUT2D eigenvalue weighted by atomic mass is 9.82. The summed E-state index contributed by atoms with van der Waals surface area (Å²) in [6, 6.07) is 6.81. The highest BCUT2D eigenvalue weighted by molar-refractivity contribution is 5.46. The van der Waals surface area contributed by atoms with Gasteiger partial charge in [-0.25, -0.2) is 4.39 Å². The van der Waals surface area contributed by atoms with Crippen molar-refractivity contribution < 1.29 is 4.39 Å². The van der Waals surface area contributed by atoms with Gasteiger partial charge in [0.1, 0.15) is 5.82 Å². The molecule has 1 saturated heterocycles. The molecule has 2 rings (SSSR count). The third-order valence-electron chi connectivity index (χ3n) is 5.06. The van der Waals surface area contributed by atoms with Crippen LogP contribution in [0.25, 0.3) is 0 Å². The molecule has 0 radical (unpaired) electrons. The molecule has 1 heterocycles. The van der Waals surface area contributed by atoms with Crippen LogP contribution >= 0.6 is 0 Å². The highest BCUT2D eigenvalue weighted by Gasteiger charge is 2.29. The number of benzene rings is 1. The Kier molecular flexibility index (Phi) is 5.59. The van der Waals surface area contributed by atoms with E-state index in [1.165, 1.54) is 12.1 Å². The van der Waals surface area contributed by atoms with Crippen LogP contribution in [0, 0.1) is 11.2 Å². The van der Waals surface area contributed by atoms with Gasteiger partial charge in [-0.2, -0.15) is 0 Å². The first kappa shape index (κ1) is 16.2. The molecule has 21 heavy (non-hydrogen) atoms. The average molecular weight is 293 g/mol. The lowest BCUT2D eigenvalue weighted by Gasteiger charge is -2.41. The highest BCUT2D eigenvalue weighted by atomic mass is 19.1. The molecule has 0 bridgehead atoms. The minimum absolute atomic E-state index is 0.170. The molecular weight excluding hydrogens is 265 g/mol. The Balaban J connectivity index is 1.89. The zero-order valence-corrected chi connectivity index (χ0v) is 13.3. The van der Waals surface area contributed by atoms with Crippen molar-refractivity contribution >= 4 is 5.69 Å². The van der Waals surface area contributed by atoms with E-state index >= 15 is 0 Å². The second kappa shape index (κ2) is 7.23. The third kappa shape index (κ3) is 3.95. The molecule has 0 spiro atoms. The van der Waals surface area contributed by atoms with Gasteiger partial charge in [0.25, 0.3) is 0 Å². The minimum Gasteiger partial charge on any atom is -0.369 e. The molecule has 0 unspecified atom stereocenters. The van der Waals surface area contributed by atoms with Gasteiger partial charge in [0, 0.05) is 38.4 Å². The third-order valence-corrected chi connectivity index (χ3v) is 5.06. The van der Waals surface area contributed by atoms with Gasteiger partial charge in [-0.1, -0.05) is 13.8 Å². The number of rotatable bonds is 6. The Labute approximate surface area is 127 Å². The van der Waals surface area contributed by atoms with Crippen LogP contribution in [0.15, 0.2) is 24.3 Å². The summed E-state index contributed by atoms with van der Waals surface area (Å²) < 4.78 is 13.0. The molecule has 0 saturated carbocycles. The zero-order chi connectivity index (χ0) is 15.3. The van der Waals surface area contributed by atoms with Crippen LogP contribution < -0.4 is 10.6 Å². The van der Waals surface area contributed by atoms with Crippen molar-refractivity contribution in [1.82, 2.24) is 4.90 Å². The van der Waals surface area contributed by atoms with E-state index in [9.17, 15) is 4.39 Å². The zero-order valence-electron chi connectivity index (χ0n) is 13.3. The minimum atomic E-state index is -0.170. The standard InChI is InChI=1S/C17H28FN3/c1-3-17(4-2,13-19)14-20-9-11-21(12-10-20)16-7-5-15(18)6-8-16/h5-8H,3-4,9-14,19H2,1-2H3. The van der Waals surface area contributed by atoms with E-state index in [1.807, 2.05) is 12.1 Å². The van der Waals surface area contributed by atoms with Crippen LogP contribution in [0.1, 0.15) is 26.7 Å². The van der Waals surface area contributed by atoms with Gasteiger partial charge in [0.15, 0.2) is 0 Å². The van der Waals surface area contributed by atoms with E-state index in [0.29, 0.717) is 0 Å². The molecule has 0 atom stereocenters. The molecule has 2 N–H and O–H groups in total. The predicted molar refractivity (Wildman–Crippen MR) is 87.1 cm³/mol. The number of anilines is 1. The number of hydrogen-bond donors (Lipinski definition) is 1. The van der Waals surface area contributed by atoms with Gasteiger partial charge in [-0.15, -0.1) is 0 Å². The maximum absolute atomic E-state index is 13.0. The first-order valence-electron chi connectivity index (χ1n) is 8.05. The maximum Gasteiger partial charge on any atom is 0.123 e. The molecule has 0 aliphatic carbocycles. The summed E-state index contributed by atoms with van der Waals surface area (Å²) in [5, 5.41) is 0. The van der Waals surface area contributed by atoms with Crippen LogP contribution in [0.4, 0.5) is 10.1 Å². The molecule has 1 aliphatic rings. The van der Waals surface area contributed by atoms with Crippen molar-refractivity contribution in [2.45, 2.75) is 26.7 Å². The maximum atomic E-state index is 13.0. The molecule has 4 heteroatoms. The Bertz CT molecular complexity index is 412. The van der Waals surface area contributed by atoms with Crippen LogP contribution in [0.2, 0.25) is 0 Å². The van der Waals surface area contributed by atoms with E-state index in [-0.39, 0.29) is 11.2 Å². The Morgan fingerprint density at radius 1 is 1.05 bits per heavy atom. The number of hydrogen-bond acceptors (Lipinski definition) is 3. The highest BCUT2D eigenvalue weighted by Crippen LogP contribution is 2.27. The fourth-order valence-electron chi connectivity index (χ4n) is 3.12. The lowest BCUT2D eigenvalue weighted by molar-refractivity contribution is 0.137. The van der Waals surface area contributed by atoms with Crippen LogP contribution in [0.3, 0.4) is 0 Å². The first-order chi connectivity index (χ1) is 10.1. The normalized spacial score (nSPS) is 17.2. The Morgan fingerprint density at radius 3 is 2.10 bits per heavy atom. The van der Waals surface area contributed by atoms with Crippen molar-refractivity contribution in [3.63, 3.8) is 0 Å². The molecule has 1 aromatic rings. The van der Waals surface area contributed by atoms with Gasteiger partial charge in [0.05, 0.1) is 0 Å². The predicted octanol–water partition coefficient (Wildman–Crippen LogP) is 2.71. The van der Waals surface area contributed by atoms with Gasteiger partial charge in [-0.05, 0) is 49.1 Å². The van der Waals surface area contributed by atoms with E-state index in [1.54, 1.807) is 0 Å². The average Bonchev–Trinajstić information content (AvgIpc) is 2.54. The molecule has 1 fully saturated rings. The number of halogens is 1. The van der Waals surface area contributed by atoms with Gasteiger partial charge in [0.2, 0.25) is 0 Å². The number of piperazine rings is 1. The fraction of sp³-hybridized carbons (Fsp3) is 0.647. The molecule has 1 aliphatic heterocycles. The summed E-state index contributed by atoms with van der Waals surface area (Å²) in [5.41, 5.74) is 7.39. The second-order valence-electron chi connectivity index (χ2n) is 6.15. The van der Waals surface area contributed by atoms with Gasteiger partial charge >= 0.3 is 0 Å². The first-order valence-corrected chi connectivity index (χ1v) is 8.05. The Morgan fingerprint density at radius 2 is 1.62 bits per heavy atom. The number of nitrogens with two attached hydrogens (primary N) is 1. The number of nitrogens with zero attached hydrogens (tertiary/aromatic N) is 2. The molecular formula is C17H28FN3. The van der Waals surface area contributed by atoms with E-state index in [2.05, 4.69) is 23.6 Å². The summed E-state index contributed by atoms with van der Waals surface area (Å²) in [6.45, 7) is 10.4. The monoisotopic (exact) mass is 293 g/mol. The second-order valence-corrected chi connectivity index (χ2v) is 6.15. The molecule has 118 valence electrons. The van der Waals surface area contributed by atoms with E-state index in [0.717, 1.165) is 57.8 Å². The quantitative estimate of drug-likeness (QED) is 0.875. The molecule has 0 aromatic heterocycles. The fourth-order valence-corrected chi connectivity index (χ4v) is 3.12. The summed E-state index contributed by atoms with van der Waals surface area (Å²) in [6.07, 6.45) is 2.27. The molecule has 1 aromatic carbocycles. The summed E-state index contributed by atoms with van der Waals surface area (Å²) >= 11 is 0. The summed E-state index contributed by atoms with van der Waals surface area (Å²) in [7, 11) is 0. The van der Waals surface area contributed by atoms with E-state index < -0.39 is 0 Å². The van der Waals surface area contributed by atoms with Crippen molar-refractivity contribution in [2.24, 2.45) is 11.1 Å². The van der Waals surface area contributed by atoms with E-state index in [4.69, 9.17) is 5.73 Å². The van der Waals surface area contributed by atoms with Crippen LogP contribution in [0.5, 0.6) is 0 Å². The summed E-state index contributed by atoms with van der Waals surface area (Å²) in [5.74, 6) is -0.170. The van der Waals surface area contributed by atoms with Crippen molar-refractivity contribution in [2.75, 3.05) is 44.2 Å². The molecule has 0 amide bonds. The smallest absolute Gasteiger partial charge is 0.123 e. The van der Waals surface area contributed by atoms with Crippen molar-refractivity contribution in [3.05, 3.63) is 30.1 Å². The molecule has 3 nitrogen and oxygen atoms in total. The lowest BCUT2D eigenvalue weighted by Crippen LogP contribution is -2.51. The topological polar surface area (TPSA) is 32.5 Å². The largest absolute Gasteiger partial charge is 0.369 e. The van der Waals surface area contributed by atoms with Gasteiger partial charge in [-0.3, -0.25) is 4.90 Å². The summed E-state index contributed by atoms with van der Waals surface area (Å²) in [4.78, 5) is 4.86. The van der Waals surface area contributed by atoms with Crippen molar-refractivity contribution in [1.29, 1.82) is 0 Å². The van der Waals surface area contributed by atoms with Gasteiger partial charge < -0.3 is 10.6 Å². The SMILES string of the molecule is CCC(CC)(CN)CN1CCN(c2ccc(F)cc2)CC1. The van der Waals surface area contributed by atoms with Crippen LogP contribution in [-0.4, -0.2) is 44.2 Å². The van der Waals surface area contributed by atoms with Crippen LogP contribution in [-0.2, 0) is 0 Å². The van der Waals surface area contributed by atoms with Crippen molar-refractivity contribution in [3.8, 4) is 0 Å². The Hall–Kier alpha value is -1.13.